The predicted octanol–water partition coefficient (Wildman–Crippen LogP) is 4.93. The molecule has 3 aromatic rings. The molecule has 0 saturated heterocycles. The first-order chi connectivity index (χ1) is 12.5. The van der Waals surface area contributed by atoms with E-state index in [1.165, 1.54) is 16.7 Å². The summed E-state index contributed by atoms with van der Waals surface area (Å²) >= 11 is 0. The monoisotopic (exact) mass is 345 g/mol. The normalized spacial score (nSPS) is 10.4. The highest BCUT2D eigenvalue weighted by Crippen LogP contribution is 2.19. The van der Waals surface area contributed by atoms with Crippen molar-refractivity contribution in [3.8, 4) is 0 Å². The number of benzene rings is 2. The third-order valence-corrected chi connectivity index (χ3v) is 4.31. The Morgan fingerprint density at radius 2 is 1.62 bits per heavy atom. The van der Waals surface area contributed by atoms with Crippen molar-refractivity contribution in [1.29, 1.82) is 0 Å². The van der Waals surface area contributed by atoms with Crippen molar-refractivity contribution in [2.45, 2.75) is 27.2 Å². The van der Waals surface area contributed by atoms with Gasteiger partial charge < -0.3 is 10.6 Å². The molecule has 3 rings (SSSR count). The molecule has 0 aliphatic carbocycles. The van der Waals surface area contributed by atoms with E-state index >= 15 is 0 Å². The van der Waals surface area contributed by atoms with Gasteiger partial charge in [0.05, 0.1) is 18.3 Å². The maximum absolute atomic E-state index is 12.2. The molecule has 1 amide bonds. The summed E-state index contributed by atoms with van der Waals surface area (Å²) < 4.78 is 0. The zero-order valence-corrected chi connectivity index (χ0v) is 15.3. The number of nitrogens with one attached hydrogen (secondary N) is 2. The highest BCUT2D eigenvalue weighted by atomic mass is 16.1. The fraction of sp³-hybridized carbons (Fsp3) is 0.182. The Hall–Kier alpha value is -3.14. The Morgan fingerprint density at radius 1 is 0.885 bits per heavy atom. The van der Waals surface area contributed by atoms with Crippen LogP contribution in [0.25, 0.3) is 0 Å². The fourth-order valence-corrected chi connectivity index (χ4v) is 2.61. The number of aromatic nitrogens is 1. The SMILES string of the molecule is Cc1ccc(CC(=O)Nc2ccc(Nc3ccc(C)c(C)c3)nc2)cc1. The Balaban J connectivity index is 1.59. The molecule has 0 spiro atoms. The van der Waals surface area contributed by atoms with Gasteiger partial charge in [0.1, 0.15) is 5.82 Å². The number of hydrogen-bond acceptors (Lipinski definition) is 3. The molecule has 1 heterocycles. The van der Waals surface area contributed by atoms with Gasteiger partial charge in [0.15, 0.2) is 0 Å². The minimum atomic E-state index is -0.0504. The molecule has 26 heavy (non-hydrogen) atoms. The predicted molar refractivity (Wildman–Crippen MR) is 107 cm³/mol. The first-order valence-corrected chi connectivity index (χ1v) is 8.65. The van der Waals surface area contributed by atoms with Crippen molar-refractivity contribution in [3.63, 3.8) is 0 Å². The fourth-order valence-electron chi connectivity index (χ4n) is 2.61. The van der Waals surface area contributed by atoms with Crippen LogP contribution in [0.4, 0.5) is 17.2 Å². The number of nitrogens with zero attached hydrogens (tertiary/aromatic N) is 1. The van der Waals surface area contributed by atoms with E-state index in [0.717, 1.165) is 17.1 Å². The van der Waals surface area contributed by atoms with Gasteiger partial charge >= 0.3 is 0 Å². The van der Waals surface area contributed by atoms with E-state index in [9.17, 15) is 4.79 Å². The van der Waals surface area contributed by atoms with Crippen LogP contribution in [0.3, 0.4) is 0 Å². The molecule has 4 nitrogen and oxygen atoms in total. The average molecular weight is 345 g/mol. The second-order valence-corrected chi connectivity index (χ2v) is 6.57. The molecular formula is C22H23N3O. The molecule has 0 unspecified atom stereocenters. The zero-order chi connectivity index (χ0) is 18.5. The lowest BCUT2D eigenvalue weighted by atomic mass is 10.1. The van der Waals surface area contributed by atoms with Gasteiger partial charge in [-0.2, -0.15) is 0 Å². The number of hydrogen-bond donors (Lipinski definition) is 2. The molecule has 2 N–H and O–H groups in total. The quantitative estimate of drug-likeness (QED) is 0.689. The minimum Gasteiger partial charge on any atom is -0.340 e. The number of amides is 1. The molecule has 0 saturated carbocycles. The maximum Gasteiger partial charge on any atom is 0.228 e. The lowest BCUT2D eigenvalue weighted by Crippen LogP contribution is -2.14. The molecule has 132 valence electrons. The van der Waals surface area contributed by atoms with E-state index in [-0.39, 0.29) is 5.91 Å². The summed E-state index contributed by atoms with van der Waals surface area (Å²) in [5.41, 5.74) is 6.36. The highest BCUT2D eigenvalue weighted by molar-refractivity contribution is 5.92. The summed E-state index contributed by atoms with van der Waals surface area (Å²) in [6.07, 6.45) is 2.01. The van der Waals surface area contributed by atoms with Crippen molar-refractivity contribution < 1.29 is 4.79 Å². The van der Waals surface area contributed by atoms with E-state index in [0.29, 0.717) is 12.1 Å². The summed E-state index contributed by atoms with van der Waals surface area (Å²) in [6.45, 7) is 6.20. The molecule has 2 aromatic carbocycles. The molecule has 0 aliphatic rings. The topological polar surface area (TPSA) is 54.0 Å². The van der Waals surface area contributed by atoms with E-state index < -0.39 is 0 Å². The molecule has 0 radical (unpaired) electrons. The van der Waals surface area contributed by atoms with Gasteiger partial charge in [-0.3, -0.25) is 4.79 Å². The molecule has 0 atom stereocenters. The molecule has 0 fully saturated rings. The largest absolute Gasteiger partial charge is 0.340 e. The first kappa shape index (κ1) is 17.7. The van der Waals surface area contributed by atoms with Gasteiger partial charge in [0, 0.05) is 5.69 Å². The standard InChI is InChI=1S/C22H23N3O/c1-15-4-7-18(8-5-15)13-22(26)25-20-10-11-21(23-14-20)24-19-9-6-16(2)17(3)12-19/h4-12,14H,13H2,1-3H3,(H,23,24)(H,25,26). The van der Waals surface area contributed by atoms with Crippen LogP contribution in [0.5, 0.6) is 0 Å². The highest BCUT2D eigenvalue weighted by Gasteiger charge is 2.05. The Labute approximate surface area is 154 Å². The summed E-state index contributed by atoms with van der Waals surface area (Å²) in [5.74, 6) is 0.690. The van der Waals surface area contributed by atoms with Crippen LogP contribution in [0.15, 0.2) is 60.8 Å². The van der Waals surface area contributed by atoms with Crippen LogP contribution >= 0.6 is 0 Å². The Morgan fingerprint density at radius 3 is 2.27 bits per heavy atom. The molecular weight excluding hydrogens is 322 g/mol. The van der Waals surface area contributed by atoms with Crippen molar-refractivity contribution in [2.75, 3.05) is 10.6 Å². The van der Waals surface area contributed by atoms with Crippen molar-refractivity contribution in [1.82, 2.24) is 4.98 Å². The van der Waals surface area contributed by atoms with E-state index in [1.807, 2.05) is 49.4 Å². The van der Waals surface area contributed by atoms with Gasteiger partial charge in [0.25, 0.3) is 0 Å². The lowest BCUT2D eigenvalue weighted by Gasteiger charge is -2.09. The van der Waals surface area contributed by atoms with E-state index in [4.69, 9.17) is 0 Å². The summed E-state index contributed by atoms with van der Waals surface area (Å²) in [6, 6.07) is 17.9. The van der Waals surface area contributed by atoms with Crippen LogP contribution < -0.4 is 10.6 Å². The zero-order valence-electron chi connectivity index (χ0n) is 15.3. The van der Waals surface area contributed by atoms with Gasteiger partial charge in [-0.05, 0) is 61.7 Å². The average Bonchev–Trinajstić information content (AvgIpc) is 2.62. The Kier molecular flexibility index (Phi) is 5.32. The van der Waals surface area contributed by atoms with Gasteiger partial charge in [0.2, 0.25) is 5.91 Å². The number of pyridine rings is 1. The lowest BCUT2D eigenvalue weighted by molar-refractivity contribution is -0.115. The van der Waals surface area contributed by atoms with Crippen molar-refractivity contribution in [2.24, 2.45) is 0 Å². The summed E-state index contributed by atoms with van der Waals surface area (Å²) in [4.78, 5) is 16.5. The maximum atomic E-state index is 12.2. The number of anilines is 3. The summed E-state index contributed by atoms with van der Waals surface area (Å²) in [7, 11) is 0. The van der Waals surface area contributed by atoms with Crippen LogP contribution in [0.2, 0.25) is 0 Å². The number of rotatable bonds is 5. The van der Waals surface area contributed by atoms with Gasteiger partial charge in [-0.25, -0.2) is 4.98 Å². The summed E-state index contributed by atoms with van der Waals surface area (Å²) in [5, 5.41) is 6.16. The number of carbonyl (C=O) groups is 1. The molecule has 1 aromatic heterocycles. The van der Waals surface area contributed by atoms with Crippen LogP contribution in [0, 0.1) is 20.8 Å². The first-order valence-electron chi connectivity index (χ1n) is 8.65. The second-order valence-electron chi connectivity index (χ2n) is 6.57. The van der Waals surface area contributed by atoms with Crippen molar-refractivity contribution in [3.05, 3.63) is 83.0 Å². The van der Waals surface area contributed by atoms with E-state index in [1.54, 1.807) is 6.20 Å². The molecule has 0 bridgehead atoms. The molecule has 0 aliphatic heterocycles. The van der Waals surface area contributed by atoms with Crippen molar-refractivity contribution >= 4 is 23.1 Å². The third-order valence-electron chi connectivity index (χ3n) is 4.31. The second kappa shape index (κ2) is 7.83. The number of carbonyl (C=O) groups excluding carboxylic acids is 1. The smallest absolute Gasteiger partial charge is 0.228 e. The van der Waals surface area contributed by atoms with Crippen LogP contribution in [-0.4, -0.2) is 10.9 Å². The van der Waals surface area contributed by atoms with E-state index in [2.05, 4.69) is 41.6 Å². The van der Waals surface area contributed by atoms with Gasteiger partial charge in [-0.15, -0.1) is 0 Å². The van der Waals surface area contributed by atoms with Crippen LogP contribution in [-0.2, 0) is 11.2 Å². The molecule has 4 heteroatoms. The Bertz CT molecular complexity index is 900. The van der Waals surface area contributed by atoms with Gasteiger partial charge in [-0.1, -0.05) is 35.9 Å². The third kappa shape index (κ3) is 4.70. The minimum absolute atomic E-state index is 0.0504. The van der Waals surface area contributed by atoms with Crippen LogP contribution in [0.1, 0.15) is 22.3 Å². The number of aryl methyl sites for hydroxylation is 3.